The molecule has 1 aliphatic rings. The van der Waals surface area contributed by atoms with Crippen molar-refractivity contribution in [3.05, 3.63) is 90.2 Å². The van der Waals surface area contributed by atoms with Gasteiger partial charge in [-0.3, -0.25) is 9.48 Å². The van der Waals surface area contributed by atoms with Gasteiger partial charge in [0.05, 0.1) is 47.8 Å². The summed E-state index contributed by atoms with van der Waals surface area (Å²) in [5.41, 5.74) is 6.38. The second kappa shape index (κ2) is 8.05. The molecule has 0 bridgehead atoms. The number of H-pyrrole nitrogens is 1. The maximum absolute atomic E-state index is 14.0. The minimum absolute atomic E-state index is 0.122. The summed E-state index contributed by atoms with van der Waals surface area (Å²) in [6, 6.07) is 11.1. The molecule has 1 amide bonds. The SMILES string of the molecule is COc1cccn2nc(C3c4nc[nH]c4CCN3C(=O)c3cnn4cc(-c5ccn(C)n5)ccc34)cc12. The number of hydrogen-bond donors (Lipinski definition) is 1. The van der Waals surface area contributed by atoms with E-state index in [0.29, 0.717) is 24.3 Å². The number of carbonyl (C=O) groups is 1. The Labute approximate surface area is 210 Å². The van der Waals surface area contributed by atoms with E-state index in [-0.39, 0.29) is 5.91 Å². The molecular weight excluding hydrogens is 470 g/mol. The molecule has 1 atom stereocenters. The molecule has 7 rings (SSSR count). The number of carbonyl (C=O) groups excluding carboxylic acids is 1. The molecule has 1 unspecified atom stereocenters. The smallest absolute Gasteiger partial charge is 0.258 e. The van der Waals surface area contributed by atoms with Crippen LogP contribution in [0.1, 0.15) is 33.5 Å². The van der Waals surface area contributed by atoms with Crippen molar-refractivity contribution >= 4 is 16.9 Å². The van der Waals surface area contributed by atoms with Gasteiger partial charge in [-0.25, -0.2) is 14.0 Å². The summed E-state index contributed by atoms with van der Waals surface area (Å²) in [6.07, 6.45) is 9.64. The summed E-state index contributed by atoms with van der Waals surface area (Å²) < 4.78 is 10.8. The van der Waals surface area contributed by atoms with E-state index in [1.165, 1.54) is 0 Å². The maximum atomic E-state index is 14.0. The maximum Gasteiger partial charge on any atom is 0.258 e. The molecule has 11 heteroatoms. The zero-order valence-electron chi connectivity index (χ0n) is 20.2. The average molecular weight is 494 g/mol. The molecule has 11 nitrogen and oxygen atoms in total. The first-order valence-electron chi connectivity index (χ1n) is 11.9. The highest BCUT2D eigenvalue weighted by Gasteiger charge is 2.37. The summed E-state index contributed by atoms with van der Waals surface area (Å²) in [5, 5.41) is 13.8. The van der Waals surface area contributed by atoms with Gasteiger partial charge in [-0.2, -0.15) is 15.3 Å². The number of nitrogens with one attached hydrogen (secondary N) is 1. The molecular formula is C26H23N9O2. The summed E-state index contributed by atoms with van der Waals surface area (Å²) in [6.45, 7) is 0.521. The first-order chi connectivity index (χ1) is 18.1. The zero-order chi connectivity index (χ0) is 25.1. The van der Waals surface area contributed by atoms with E-state index in [1.807, 2.05) is 66.9 Å². The van der Waals surface area contributed by atoms with E-state index in [0.717, 1.165) is 39.4 Å². The number of aryl methyl sites for hydroxylation is 1. The number of amides is 1. The van der Waals surface area contributed by atoms with Crippen molar-refractivity contribution in [1.82, 2.24) is 43.9 Å². The Morgan fingerprint density at radius 3 is 2.86 bits per heavy atom. The number of imidazole rings is 1. The largest absolute Gasteiger partial charge is 0.494 e. The molecule has 37 heavy (non-hydrogen) atoms. The van der Waals surface area contributed by atoms with Gasteiger partial charge in [0.1, 0.15) is 17.3 Å². The van der Waals surface area contributed by atoms with Crippen molar-refractivity contribution in [3.63, 3.8) is 0 Å². The highest BCUT2D eigenvalue weighted by Crippen LogP contribution is 2.36. The van der Waals surface area contributed by atoms with Crippen LogP contribution in [0.5, 0.6) is 5.75 Å². The van der Waals surface area contributed by atoms with Crippen LogP contribution in [0.2, 0.25) is 0 Å². The second-order valence-corrected chi connectivity index (χ2v) is 9.07. The van der Waals surface area contributed by atoms with Crippen LogP contribution >= 0.6 is 0 Å². The standard InChI is InChI=1S/C26H23N9O2/c1-32-10-7-18(30-32)16-5-6-21-17(13-29-35(21)14-16)26(36)33-11-8-19-24(28-15-27-19)25(33)20-12-22-23(37-2)4-3-9-34(22)31-20/h3-7,9-10,12-15,25H,8,11H2,1-2H3,(H,27,28). The van der Waals surface area contributed by atoms with Crippen LogP contribution in [0, 0.1) is 0 Å². The third-order valence-electron chi connectivity index (χ3n) is 6.92. The van der Waals surface area contributed by atoms with Crippen LogP contribution in [-0.4, -0.2) is 63.4 Å². The van der Waals surface area contributed by atoms with E-state index in [4.69, 9.17) is 9.84 Å². The number of rotatable bonds is 4. The van der Waals surface area contributed by atoms with Crippen LogP contribution in [0.15, 0.2) is 67.5 Å². The first-order valence-corrected chi connectivity index (χ1v) is 11.9. The van der Waals surface area contributed by atoms with Crippen molar-refractivity contribution in [2.45, 2.75) is 12.5 Å². The molecule has 0 spiro atoms. The molecule has 0 aromatic carbocycles. The predicted molar refractivity (Wildman–Crippen MR) is 134 cm³/mol. The van der Waals surface area contributed by atoms with Crippen LogP contribution in [-0.2, 0) is 13.5 Å². The topological polar surface area (TPSA) is 111 Å². The number of aromatic nitrogens is 8. The van der Waals surface area contributed by atoms with Crippen molar-refractivity contribution in [1.29, 1.82) is 0 Å². The Kier molecular flexibility index (Phi) is 4.65. The van der Waals surface area contributed by atoms with Crippen molar-refractivity contribution in [2.75, 3.05) is 13.7 Å². The molecule has 1 N–H and O–H groups in total. The molecule has 1 aliphatic heterocycles. The third kappa shape index (κ3) is 3.31. The molecule has 0 radical (unpaired) electrons. The van der Waals surface area contributed by atoms with Gasteiger partial charge < -0.3 is 14.6 Å². The first kappa shape index (κ1) is 21.4. The monoisotopic (exact) mass is 493 g/mol. The number of pyridine rings is 2. The van der Waals surface area contributed by atoms with Crippen LogP contribution in [0.25, 0.3) is 22.3 Å². The van der Waals surface area contributed by atoms with Gasteiger partial charge in [0.2, 0.25) is 0 Å². The Hall–Kier alpha value is -4.93. The summed E-state index contributed by atoms with van der Waals surface area (Å²) in [4.78, 5) is 23.7. The average Bonchev–Trinajstić information content (AvgIpc) is 3.72. The van der Waals surface area contributed by atoms with Gasteiger partial charge in [-0.05, 0) is 36.4 Å². The number of aromatic amines is 1. The summed E-state index contributed by atoms with van der Waals surface area (Å²) >= 11 is 0. The second-order valence-electron chi connectivity index (χ2n) is 9.07. The van der Waals surface area contributed by atoms with Gasteiger partial charge in [0.25, 0.3) is 5.91 Å². The molecule has 6 aromatic heterocycles. The minimum atomic E-state index is -0.449. The Balaban J connectivity index is 1.30. The van der Waals surface area contributed by atoms with Crippen LogP contribution in [0.4, 0.5) is 0 Å². The number of methoxy groups -OCH3 is 1. The lowest BCUT2D eigenvalue weighted by Gasteiger charge is -2.33. The van der Waals surface area contributed by atoms with Crippen LogP contribution in [0.3, 0.4) is 0 Å². The Bertz CT molecular complexity index is 1790. The zero-order valence-corrected chi connectivity index (χ0v) is 20.2. The molecule has 0 fully saturated rings. The van der Waals surface area contributed by atoms with E-state index >= 15 is 0 Å². The quantitative estimate of drug-likeness (QED) is 0.404. The molecule has 6 aromatic rings. The number of nitrogens with zero attached hydrogens (tertiary/aromatic N) is 8. The summed E-state index contributed by atoms with van der Waals surface area (Å²) in [7, 11) is 3.51. The Morgan fingerprint density at radius 1 is 1.11 bits per heavy atom. The highest BCUT2D eigenvalue weighted by atomic mass is 16.5. The lowest BCUT2D eigenvalue weighted by molar-refractivity contribution is 0.0689. The van der Waals surface area contributed by atoms with Gasteiger partial charge in [-0.1, -0.05) is 0 Å². The van der Waals surface area contributed by atoms with Crippen LogP contribution < -0.4 is 4.74 Å². The van der Waals surface area contributed by atoms with Crippen molar-refractivity contribution in [2.24, 2.45) is 7.05 Å². The fraction of sp³-hybridized carbons (Fsp3) is 0.192. The van der Waals surface area contributed by atoms with E-state index in [1.54, 1.807) is 33.3 Å². The highest BCUT2D eigenvalue weighted by molar-refractivity contribution is 6.01. The number of fused-ring (bicyclic) bond motifs is 3. The van der Waals surface area contributed by atoms with Gasteiger partial charge in [0.15, 0.2) is 0 Å². The number of hydrogen-bond acceptors (Lipinski definition) is 6. The van der Waals surface area contributed by atoms with Gasteiger partial charge in [-0.15, -0.1) is 0 Å². The fourth-order valence-electron chi connectivity index (χ4n) is 5.13. The predicted octanol–water partition coefficient (Wildman–Crippen LogP) is 2.90. The van der Waals surface area contributed by atoms with Gasteiger partial charge in [0, 0.05) is 49.9 Å². The Morgan fingerprint density at radius 2 is 2.03 bits per heavy atom. The molecule has 0 aliphatic carbocycles. The normalized spacial score (nSPS) is 15.4. The molecule has 0 saturated carbocycles. The van der Waals surface area contributed by atoms with E-state index < -0.39 is 6.04 Å². The number of ether oxygens (including phenoxy) is 1. The summed E-state index contributed by atoms with van der Waals surface area (Å²) in [5.74, 6) is 0.590. The lowest BCUT2D eigenvalue weighted by Crippen LogP contribution is -2.41. The third-order valence-corrected chi connectivity index (χ3v) is 6.92. The van der Waals surface area contributed by atoms with Crippen molar-refractivity contribution in [3.8, 4) is 17.0 Å². The molecule has 7 heterocycles. The molecule has 0 saturated heterocycles. The van der Waals surface area contributed by atoms with Gasteiger partial charge >= 0.3 is 0 Å². The lowest BCUT2D eigenvalue weighted by atomic mass is 9.98. The molecule has 184 valence electrons. The minimum Gasteiger partial charge on any atom is -0.494 e. The van der Waals surface area contributed by atoms with Crippen molar-refractivity contribution < 1.29 is 9.53 Å². The van der Waals surface area contributed by atoms with E-state index in [2.05, 4.69) is 20.2 Å². The van der Waals surface area contributed by atoms with E-state index in [9.17, 15) is 4.79 Å². The fourth-order valence-corrected chi connectivity index (χ4v) is 5.13.